The van der Waals surface area contributed by atoms with Crippen LogP contribution in [0.4, 0.5) is 0 Å². The fraction of sp³-hybridized carbons (Fsp3) is 0.278. The van der Waals surface area contributed by atoms with Gasteiger partial charge < -0.3 is 15.3 Å². The lowest BCUT2D eigenvalue weighted by molar-refractivity contribution is -0.133. The Kier molecular flexibility index (Phi) is 4.85. The second kappa shape index (κ2) is 7.06. The molecule has 1 aromatic carbocycles. The fourth-order valence-corrected chi connectivity index (χ4v) is 3.52. The lowest BCUT2D eigenvalue weighted by atomic mass is 9.97. The first-order chi connectivity index (χ1) is 12.0. The number of thiophene rings is 1. The number of carboxylic acids is 1. The molecule has 0 bridgehead atoms. The van der Waals surface area contributed by atoms with Crippen LogP contribution in [0.5, 0.6) is 0 Å². The molecule has 1 aliphatic rings. The van der Waals surface area contributed by atoms with Crippen molar-refractivity contribution in [2.75, 3.05) is 6.54 Å². The summed E-state index contributed by atoms with van der Waals surface area (Å²) in [6.45, 7) is 2.57. The Hall–Kier alpha value is -2.67. The lowest BCUT2D eigenvalue weighted by Gasteiger charge is -2.31. The molecular weight excluding hydrogens is 340 g/mol. The van der Waals surface area contributed by atoms with Crippen molar-refractivity contribution in [3.63, 3.8) is 0 Å². The Morgan fingerprint density at radius 3 is 2.72 bits per heavy atom. The summed E-state index contributed by atoms with van der Waals surface area (Å²) in [4.78, 5) is 38.1. The Morgan fingerprint density at radius 1 is 1.24 bits per heavy atom. The Labute approximate surface area is 149 Å². The van der Waals surface area contributed by atoms with E-state index >= 15 is 0 Å². The molecule has 130 valence electrons. The van der Waals surface area contributed by atoms with Gasteiger partial charge in [0.05, 0.1) is 10.4 Å². The van der Waals surface area contributed by atoms with E-state index in [0.717, 1.165) is 11.1 Å². The van der Waals surface area contributed by atoms with Crippen LogP contribution in [0.25, 0.3) is 0 Å². The molecular formula is C18H18N2O4S. The molecule has 2 aromatic rings. The summed E-state index contributed by atoms with van der Waals surface area (Å²) in [6.07, 6.45) is 0.673. The van der Waals surface area contributed by atoms with E-state index in [0.29, 0.717) is 24.4 Å². The molecule has 1 aliphatic heterocycles. The summed E-state index contributed by atoms with van der Waals surface area (Å²) in [6, 6.07) is 7.87. The topological polar surface area (TPSA) is 86.7 Å². The molecule has 25 heavy (non-hydrogen) atoms. The number of carboxylic acid groups (broad SMARTS) is 1. The first-order valence-corrected chi connectivity index (χ1v) is 8.82. The zero-order chi connectivity index (χ0) is 18.0. The predicted octanol–water partition coefficient (Wildman–Crippen LogP) is 2.15. The number of aromatic carboxylic acids is 1. The number of rotatable bonds is 4. The van der Waals surface area contributed by atoms with Crippen LogP contribution in [0.15, 0.2) is 35.7 Å². The molecule has 1 aromatic heterocycles. The van der Waals surface area contributed by atoms with Crippen molar-refractivity contribution in [1.82, 2.24) is 10.2 Å². The molecule has 3 rings (SSSR count). The van der Waals surface area contributed by atoms with Crippen LogP contribution in [-0.2, 0) is 17.8 Å². The van der Waals surface area contributed by atoms with Gasteiger partial charge in [-0.15, -0.1) is 11.3 Å². The highest BCUT2D eigenvalue weighted by Gasteiger charge is 2.26. The van der Waals surface area contributed by atoms with Gasteiger partial charge in [-0.05, 0) is 48.1 Å². The summed E-state index contributed by atoms with van der Waals surface area (Å²) < 4.78 is 0. The van der Waals surface area contributed by atoms with Crippen LogP contribution in [0, 0.1) is 0 Å². The largest absolute Gasteiger partial charge is 0.478 e. The molecule has 0 aliphatic carbocycles. The summed E-state index contributed by atoms with van der Waals surface area (Å²) in [7, 11) is 0. The average Bonchev–Trinajstić information content (AvgIpc) is 3.14. The average molecular weight is 358 g/mol. The molecule has 6 nitrogen and oxygen atoms in total. The van der Waals surface area contributed by atoms with Gasteiger partial charge in [0.2, 0.25) is 5.91 Å². The number of fused-ring (bicyclic) bond motifs is 1. The Balaban J connectivity index is 1.68. The van der Waals surface area contributed by atoms with E-state index in [1.807, 2.05) is 11.4 Å². The zero-order valence-corrected chi connectivity index (χ0v) is 14.5. The maximum atomic E-state index is 12.6. The number of carbonyl (C=O) groups is 3. The van der Waals surface area contributed by atoms with Gasteiger partial charge in [0.1, 0.15) is 6.04 Å². The van der Waals surface area contributed by atoms with E-state index in [9.17, 15) is 14.4 Å². The number of carbonyl (C=O) groups excluding carboxylic acids is 2. The van der Waals surface area contributed by atoms with E-state index in [1.54, 1.807) is 36.1 Å². The molecule has 0 saturated carbocycles. The van der Waals surface area contributed by atoms with E-state index in [2.05, 4.69) is 5.32 Å². The quantitative estimate of drug-likeness (QED) is 0.877. The monoisotopic (exact) mass is 358 g/mol. The summed E-state index contributed by atoms with van der Waals surface area (Å²) in [5.74, 6) is -1.42. The molecule has 2 heterocycles. The van der Waals surface area contributed by atoms with Crippen LogP contribution >= 0.6 is 11.3 Å². The first-order valence-electron chi connectivity index (χ1n) is 7.94. The van der Waals surface area contributed by atoms with Crippen LogP contribution in [-0.4, -0.2) is 40.4 Å². The van der Waals surface area contributed by atoms with E-state index in [1.165, 1.54) is 11.3 Å². The van der Waals surface area contributed by atoms with Gasteiger partial charge in [0.15, 0.2) is 0 Å². The van der Waals surface area contributed by atoms with Crippen molar-refractivity contribution < 1.29 is 19.5 Å². The van der Waals surface area contributed by atoms with Crippen LogP contribution in [0.2, 0.25) is 0 Å². The summed E-state index contributed by atoms with van der Waals surface area (Å²) in [5.41, 5.74) is 2.12. The van der Waals surface area contributed by atoms with Gasteiger partial charge in [0.25, 0.3) is 5.91 Å². The predicted molar refractivity (Wildman–Crippen MR) is 93.8 cm³/mol. The molecule has 2 N–H and O–H groups in total. The van der Waals surface area contributed by atoms with Gasteiger partial charge in [-0.3, -0.25) is 9.59 Å². The van der Waals surface area contributed by atoms with Crippen molar-refractivity contribution in [3.05, 3.63) is 57.3 Å². The molecule has 1 unspecified atom stereocenters. The number of nitrogens with zero attached hydrogens (tertiary/aromatic N) is 1. The number of benzene rings is 1. The highest BCUT2D eigenvalue weighted by atomic mass is 32.1. The highest BCUT2D eigenvalue weighted by molar-refractivity contribution is 7.12. The molecule has 2 amide bonds. The number of amides is 2. The minimum Gasteiger partial charge on any atom is -0.478 e. The third kappa shape index (κ3) is 3.71. The normalized spacial score (nSPS) is 14.5. The number of hydrogen-bond acceptors (Lipinski definition) is 4. The van der Waals surface area contributed by atoms with E-state index in [4.69, 9.17) is 5.11 Å². The van der Waals surface area contributed by atoms with Crippen molar-refractivity contribution in [3.8, 4) is 0 Å². The van der Waals surface area contributed by atoms with E-state index in [-0.39, 0.29) is 17.4 Å². The van der Waals surface area contributed by atoms with Crippen molar-refractivity contribution in [1.29, 1.82) is 0 Å². The number of nitrogens with one attached hydrogen (secondary N) is 1. The van der Waals surface area contributed by atoms with Gasteiger partial charge >= 0.3 is 5.97 Å². The van der Waals surface area contributed by atoms with Crippen LogP contribution in [0.1, 0.15) is 38.1 Å². The van der Waals surface area contributed by atoms with Crippen LogP contribution < -0.4 is 5.32 Å². The fourth-order valence-electron chi connectivity index (χ4n) is 2.89. The summed E-state index contributed by atoms with van der Waals surface area (Å²) in [5, 5.41) is 13.6. The second-order valence-electron chi connectivity index (χ2n) is 5.97. The SMILES string of the molecule is CC(NC(=O)c1cccs1)C(=O)N1CCc2ccc(C(=O)O)cc2C1. The standard InChI is InChI=1S/C18H18N2O4S/c1-11(19-16(21)15-3-2-8-25-15)17(22)20-7-6-12-4-5-13(18(23)24)9-14(12)10-20/h2-5,8-9,11H,6-7,10H2,1H3,(H,19,21)(H,23,24). The summed E-state index contributed by atoms with van der Waals surface area (Å²) >= 11 is 1.32. The highest BCUT2D eigenvalue weighted by Crippen LogP contribution is 2.21. The van der Waals surface area contributed by atoms with Gasteiger partial charge in [-0.2, -0.15) is 0 Å². The molecule has 0 fully saturated rings. The molecule has 1 atom stereocenters. The minimum atomic E-state index is -0.983. The third-order valence-electron chi connectivity index (χ3n) is 4.24. The number of hydrogen-bond donors (Lipinski definition) is 2. The van der Waals surface area contributed by atoms with Gasteiger partial charge in [0, 0.05) is 13.1 Å². The second-order valence-corrected chi connectivity index (χ2v) is 6.92. The Morgan fingerprint density at radius 2 is 2.04 bits per heavy atom. The lowest BCUT2D eigenvalue weighted by Crippen LogP contribution is -2.48. The first kappa shape index (κ1) is 17.2. The van der Waals surface area contributed by atoms with Crippen LogP contribution in [0.3, 0.4) is 0 Å². The zero-order valence-electron chi connectivity index (χ0n) is 13.7. The van der Waals surface area contributed by atoms with Gasteiger partial charge in [-0.25, -0.2) is 4.79 Å². The Bertz CT molecular complexity index is 816. The molecule has 0 saturated heterocycles. The molecule has 7 heteroatoms. The minimum absolute atomic E-state index is 0.170. The smallest absolute Gasteiger partial charge is 0.335 e. The molecule has 0 radical (unpaired) electrons. The maximum absolute atomic E-state index is 12.6. The van der Waals surface area contributed by atoms with E-state index < -0.39 is 12.0 Å². The molecule has 0 spiro atoms. The third-order valence-corrected chi connectivity index (χ3v) is 5.11. The van der Waals surface area contributed by atoms with Gasteiger partial charge in [-0.1, -0.05) is 12.1 Å². The maximum Gasteiger partial charge on any atom is 0.335 e. The van der Waals surface area contributed by atoms with Crippen molar-refractivity contribution in [2.45, 2.75) is 25.9 Å². The van der Waals surface area contributed by atoms with Crippen molar-refractivity contribution in [2.24, 2.45) is 0 Å². The van der Waals surface area contributed by atoms with Crippen molar-refractivity contribution >= 4 is 29.1 Å².